The fourth-order valence-corrected chi connectivity index (χ4v) is 0. The molecule has 0 heterocycles. The SMILES string of the molecule is CC(C)(C)S(C)(C)N.O. The summed E-state index contributed by atoms with van der Waals surface area (Å²) in [5.41, 5.74) is 0. The van der Waals surface area contributed by atoms with Gasteiger partial charge in [-0.25, -0.2) is 0 Å². The van der Waals surface area contributed by atoms with Gasteiger partial charge in [0.15, 0.2) is 0 Å². The lowest BCUT2D eigenvalue weighted by Crippen LogP contribution is -2.28. The lowest BCUT2D eigenvalue weighted by Gasteiger charge is -2.40. The van der Waals surface area contributed by atoms with E-state index in [4.69, 9.17) is 5.14 Å². The first-order valence-electron chi connectivity index (χ1n) is 2.76. The zero-order chi connectivity index (χ0) is 7.00. The molecule has 0 spiro atoms. The molecule has 0 rings (SSSR count). The summed E-state index contributed by atoms with van der Waals surface area (Å²) in [7, 11) is -0.840. The van der Waals surface area contributed by atoms with Crippen LogP contribution in [0.1, 0.15) is 20.8 Å². The molecule has 0 saturated heterocycles. The summed E-state index contributed by atoms with van der Waals surface area (Å²) in [6.45, 7) is 6.55. The Hall–Kier alpha value is 0.270. The molecule has 4 N–H and O–H groups in total. The summed E-state index contributed by atoms with van der Waals surface area (Å²) in [5, 5.41) is 5.90. The third kappa shape index (κ3) is 3.78. The average Bonchev–Trinajstić information content (AvgIpc) is 1.25. The Morgan fingerprint density at radius 3 is 1.22 bits per heavy atom. The van der Waals surface area contributed by atoms with E-state index in [9.17, 15) is 0 Å². The first kappa shape index (κ1) is 12.0. The molecule has 60 valence electrons. The van der Waals surface area contributed by atoms with Crippen LogP contribution in [0, 0.1) is 0 Å². The van der Waals surface area contributed by atoms with Crippen molar-refractivity contribution in [1.29, 1.82) is 0 Å². The second-order valence-corrected chi connectivity index (χ2v) is 7.55. The van der Waals surface area contributed by atoms with E-state index in [-0.39, 0.29) is 5.48 Å². The summed E-state index contributed by atoms with van der Waals surface area (Å²) in [5.74, 6) is 0. The molecule has 2 nitrogen and oxygen atoms in total. The van der Waals surface area contributed by atoms with Crippen molar-refractivity contribution in [2.45, 2.75) is 25.5 Å². The highest BCUT2D eigenvalue weighted by Gasteiger charge is 2.22. The minimum absolute atomic E-state index is 0. The fourth-order valence-electron chi connectivity index (χ4n) is 0. The van der Waals surface area contributed by atoms with Crippen molar-refractivity contribution in [2.24, 2.45) is 5.14 Å². The summed E-state index contributed by atoms with van der Waals surface area (Å²) in [4.78, 5) is 0. The van der Waals surface area contributed by atoms with Gasteiger partial charge in [0.25, 0.3) is 0 Å². The summed E-state index contributed by atoms with van der Waals surface area (Å²) in [6.07, 6.45) is 4.26. The normalized spacial score (nSPS) is 14.4. The molecule has 0 fully saturated rings. The van der Waals surface area contributed by atoms with Crippen LogP contribution in [-0.4, -0.2) is 22.7 Å². The Morgan fingerprint density at radius 1 is 1.11 bits per heavy atom. The molecule has 0 atom stereocenters. The Kier molecular flexibility index (Phi) is 3.87. The highest BCUT2D eigenvalue weighted by atomic mass is 32.3. The van der Waals surface area contributed by atoms with Gasteiger partial charge < -0.3 is 5.48 Å². The molecule has 9 heavy (non-hydrogen) atoms. The van der Waals surface area contributed by atoms with E-state index in [2.05, 4.69) is 33.3 Å². The van der Waals surface area contributed by atoms with Gasteiger partial charge >= 0.3 is 0 Å². The van der Waals surface area contributed by atoms with E-state index >= 15 is 0 Å². The molecular weight excluding hydrogens is 134 g/mol. The maximum Gasteiger partial charge on any atom is 0.00254 e. The molecule has 0 amide bonds. The van der Waals surface area contributed by atoms with Gasteiger partial charge in [0, 0.05) is 4.75 Å². The van der Waals surface area contributed by atoms with E-state index in [1.165, 1.54) is 0 Å². The van der Waals surface area contributed by atoms with Crippen LogP contribution in [0.3, 0.4) is 0 Å². The van der Waals surface area contributed by atoms with Gasteiger partial charge in [0.05, 0.1) is 0 Å². The molecule has 3 heteroatoms. The fraction of sp³-hybridized carbons (Fsp3) is 1.00. The van der Waals surface area contributed by atoms with Gasteiger partial charge in [0.1, 0.15) is 0 Å². The number of nitrogens with two attached hydrogens (primary N) is 1. The molecule has 0 bridgehead atoms. The van der Waals surface area contributed by atoms with Gasteiger partial charge in [-0.2, -0.15) is 10.2 Å². The number of hydrogen-bond acceptors (Lipinski definition) is 1. The van der Waals surface area contributed by atoms with Crippen LogP contribution in [0.2, 0.25) is 0 Å². The van der Waals surface area contributed by atoms with Crippen LogP contribution in [0.25, 0.3) is 0 Å². The standard InChI is InChI=1S/C6H17NS.H2O/c1-6(2,3)8(4,5)7;/h7H2,1-5H3;1H2. The zero-order valence-corrected chi connectivity index (χ0v) is 7.80. The Morgan fingerprint density at radius 2 is 1.22 bits per heavy atom. The molecule has 0 radical (unpaired) electrons. The maximum absolute atomic E-state index is 5.90. The lowest BCUT2D eigenvalue weighted by atomic mass is 10.3. The molecule has 0 aliphatic carbocycles. The van der Waals surface area contributed by atoms with E-state index in [1.54, 1.807) is 0 Å². The van der Waals surface area contributed by atoms with Crippen LogP contribution in [-0.2, 0) is 0 Å². The number of rotatable bonds is 0. The second kappa shape index (κ2) is 2.90. The van der Waals surface area contributed by atoms with Crippen molar-refractivity contribution in [2.75, 3.05) is 12.5 Å². The predicted octanol–water partition coefficient (Wildman–Crippen LogP) is 0.898. The summed E-state index contributed by atoms with van der Waals surface area (Å²) >= 11 is 0. The first-order chi connectivity index (χ1) is 3.25. The topological polar surface area (TPSA) is 57.5 Å². The predicted molar refractivity (Wildman–Crippen MR) is 47.0 cm³/mol. The minimum Gasteiger partial charge on any atom is -0.412 e. The quantitative estimate of drug-likeness (QED) is 0.552. The van der Waals surface area contributed by atoms with Crippen LogP contribution in [0.5, 0.6) is 0 Å². The zero-order valence-electron chi connectivity index (χ0n) is 6.99. The number of hydrogen-bond donors (Lipinski definition) is 1. The highest BCUT2D eigenvalue weighted by molar-refractivity contribution is 8.31. The Labute approximate surface area is 59.6 Å². The third-order valence-electron chi connectivity index (χ3n) is 1.58. The van der Waals surface area contributed by atoms with Gasteiger partial charge in [-0.3, -0.25) is 5.14 Å². The van der Waals surface area contributed by atoms with Gasteiger partial charge in [-0.05, 0) is 12.5 Å². The van der Waals surface area contributed by atoms with Crippen molar-refractivity contribution in [3.8, 4) is 0 Å². The Bertz CT molecular complexity index is 68.0. The molecule has 0 aromatic rings. The molecular formula is C6H19NOS. The van der Waals surface area contributed by atoms with Crippen molar-refractivity contribution in [1.82, 2.24) is 0 Å². The smallest absolute Gasteiger partial charge is 0.00254 e. The molecule has 0 saturated carbocycles. The molecule has 0 unspecified atom stereocenters. The van der Waals surface area contributed by atoms with Crippen LogP contribution in [0.15, 0.2) is 0 Å². The van der Waals surface area contributed by atoms with Crippen LogP contribution < -0.4 is 5.14 Å². The molecule has 0 aromatic heterocycles. The largest absolute Gasteiger partial charge is 0.412 e. The van der Waals surface area contributed by atoms with Gasteiger partial charge in [-0.1, -0.05) is 20.8 Å². The second-order valence-electron chi connectivity index (χ2n) is 3.52. The van der Waals surface area contributed by atoms with Crippen molar-refractivity contribution in [3.63, 3.8) is 0 Å². The van der Waals surface area contributed by atoms with Gasteiger partial charge in [0.2, 0.25) is 0 Å². The van der Waals surface area contributed by atoms with Gasteiger partial charge in [-0.15, -0.1) is 0 Å². The minimum atomic E-state index is -0.840. The molecule has 0 aromatic carbocycles. The van der Waals surface area contributed by atoms with E-state index in [0.29, 0.717) is 4.75 Å². The van der Waals surface area contributed by atoms with Crippen molar-refractivity contribution >= 4 is 10.2 Å². The molecule has 0 aliphatic rings. The van der Waals surface area contributed by atoms with Crippen LogP contribution >= 0.6 is 10.2 Å². The lowest BCUT2D eigenvalue weighted by molar-refractivity contribution is 0.788. The summed E-state index contributed by atoms with van der Waals surface area (Å²) in [6, 6.07) is 0. The maximum atomic E-state index is 5.90. The van der Waals surface area contributed by atoms with E-state index < -0.39 is 10.2 Å². The van der Waals surface area contributed by atoms with Crippen LogP contribution in [0.4, 0.5) is 0 Å². The van der Waals surface area contributed by atoms with Crippen molar-refractivity contribution in [3.05, 3.63) is 0 Å². The van der Waals surface area contributed by atoms with Crippen molar-refractivity contribution < 1.29 is 5.48 Å². The molecule has 0 aliphatic heterocycles. The van der Waals surface area contributed by atoms with E-state index in [1.807, 2.05) is 0 Å². The highest BCUT2D eigenvalue weighted by Crippen LogP contribution is 2.44. The Balaban J connectivity index is 0. The average molecular weight is 153 g/mol. The summed E-state index contributed by atoms with van der Waals surface area (Å²) < 4.78 is 0.299. The first-order valence-corrected chi connectivity index (χ1v) is 5.27. The van der Waals surface area contributed by atoms with E-state index in [0.717, 1.165) is 0 Å². The third-order valence-corrected chi connectivity index (χ3v) is 4.73. The monoisotopic (exact) mass is 153 g/mol.